The van der Waals surface area contributed by atoms with E-state index in [9.17, 15) is 13.2 Å². The summed E-state index contributed by atoms with van der Waals surface area (Å²) in [6.07, 6.45) is 4.50. The molecule has 4 unspecified atom stereocenters. The Hall–Kier alpha value is -1.11. The van der Waals surface area contributed by atoms with Gasteiger partial charge in [0, 0.05) is 18.0 Å². The summed E-state index contributed by atoms with van der Waals surface area (Å²) in [4.78, 5) is 12.7. The molecule has 2 saturated carbocycles. The fraction of sp³-hybridized carbons (Fsp3) is 0.588. The highest BCUT2D eigenvalue weighted by Gasteiger charge is 2.49. The molecule has 2 aliphatic carbocycles. The first kappa shape index (κ1) is 19.2. The first-order valence-corrected chi connectivity index (χ1v) is 10.1. The van der Waals surface area contributed by atoms with Crippen LogP contribution in [0.1, 0.15) is 30.4 Å². The molecule has 5 nitrogen and oxygen atoms in total. The van der Waals surface area contributed by atoms with E-state index in [2.05, 4.69) is 5.32 Å². The van der Waals surface area contributed by atoms with E-state index in [0.717, 1.165) is 30.4 Å². The zero-order valence-electron chi connectivity index (χ0n) is 14.0. The Morgan fingerprint density at radius 3 is 2.54 bits per heavy atom. The normalized spacial score (nSPS) is 28.5. The summed E-state index contributed by atoms with van der Waals surface area (Å²) in [7, 11) is -3.11. The van der Waals surface area contributed by atoms with Crippen LogP contribution < -0.4 is 11.1 Å². The van der Waals surface area contributed by atoms with Crippen LogP contribution in [0, 0.1) is 24.7 Å². The van der Waals surface area contributed by atoms with E-state index < -0.39 is 9.84 Å². The smallest absolute Gasteiger partial charge is 0.229 e. The maximum atomic E-state index is 12.7. The standard InChI is InChI=1S/C17H24N2O3S.ClH/c1-10-13(9-23(2,21)22)4-3-5-14(10)19-17(20)15-11-6-7-12(8-11)16(15)18;/h3-5,11-12,15-16H,6-9,18H2,1-2H3,(H,19,20);1H. The molecule has 0 spiro atoms. The highest BCUT2D eigenvalue weighted by Crippen LogP contribution is 2.48. The number of hydrogen-bond donors (Lipinski definition) is 2. The van der Waals surface area contributed by atoms with Crippen LogP contribution in [0.5, 0.6) is 0 Å². The topological polar surface area (TPSA) is 89.3 Å². The monoisotopic (exact) mass is 372 g/mol. The minimum Gasteiger partial charge on any atom is -0.327 e. The molecular weight excluding hydrogens is 348 g/mol. The Labute approximate surface area is 149 Å². The number of anilines is 1. The van der Waals surface area contributed by atoms with E-state index in [1.54, 1.807) is 12.1 Å². The molecule has 4 atom stereocenters. The molecule has 2 bridgehead atoms. The number of nitrogens with two attached hydrogens (primary N) is 1. The minimum atomic E-state index is -3.11. The molecule has 0 aromatic heterocycles. The molecule has 2 fully saturated rings. The predicted octanol–water partition coefficient (Wildman–Crippen LogP) is 2.27. The van der Waals surface area contributed by atoms with Crippen LogP contribution in [0.15, 0.2) is 18.2 Å². The Balaban J connectivity index is 0.00000208. The number of fused-ring (bicyclic) bond motifs is 2. The molecule has 1 aromatic carbocycles. The lowest BCUT2D eigenvalue weighted by Crippen LogP contribution is -2.42. The van der Waals surface area contributed by atoms with Crippen molar-refractivity contribution < 1.29 is 13.2 Å². The van der Waals surface area contributed by atoms with Crippen LogP contribution in [0.2, 0.25) is 0 Å². The summed E-state index contributed by atoms with van der Waals surface area (Å²) in [6, 6.07) is 5.34. The van der Waals surface area contributed by atoms with Crippen molar-refractivity contribution in [3.05, 3.63) is 29.3 Å². The largest absolute Gasteiger partial charge is 0.327 e. The van der Waals surface area contributed by atoms with Crippen molar-refractivity contribution in [2.24, 2.45) is 23.5 Å². The van der Waals surface area contributed by atoms with Gasteiger partial charge in [-0.1, -0.05) is 12.1 Å². The molecule has 0 heterocycles. The first-order valence-electron chi connectivity index (χ1n) is 8.09. The average molecular weight is 373 g/mol. The number of sulfone groups is 1. The van der Waals surface area contributed by atoms with Gasteiger partial charge in [0.2, 0.25) is 5.91 Å². The van der Waals surface area contributed by atoms with Gasteiger partial charge >= 0.3 is 0 Å². The zero-order chi connectivity index (χ0) is 16.8. The maximum Gasteiger partial charge on any atom is 0.229 e. The lowest BCUT2D eigenvalue weighted by Gasteiger charge is -2.27. The van der Waals surface area contributed by atoms with Crippen molar-refractivity contribution >= 4 is 33.8 Å². The summed E-state index contributed by atoms with van der Waals surface area (Å²) >= 11 is 0. The second-order valence-corrected chi connectivity index (χ2v) is 9.23. The van der Waals surface area contributed by atoms with Gasteiger partial charge in [-0.25, -0.2) is 8.42 Å². The Morgan fingerprint density at radius 2 is 1.96 bits per heavy atom. The third kappa shape index (κ3) is 3.76. The van der Waals surface area contributed by atoms with Crippen molar-refractivity contribution in [1.29, 1.82) is 0 Å². The highest BCUT2D eigenvalue weighted by molar-refractivity contribution is 7.89. The maximum absolute atomic E-state index is 12.7. The van der Waals surface area contributed by atoms with Gasteiger partial charge in [-0.15, -0.1) is 12.4 Å². The van der Waals surface area contributed by atoms with Crippen LogP contribution in [0.4, 0.5) is 5.69 Å². The van der Waals surface area contributed by atoms with Crippen molar-refractivity contribution in [1.82, 2.24) is 0 Å². The first-order chi connectivity index (χ1) is 10.8. The molecule has 0 aliphatic heterocycles. The van der Waals surface area contributed by atoms with Gasteiger partial charge in [0.15, 0.2) is 9.84 Å². The van der Waals surface area contributed by atoms with Gasteiger partial charge in [0.05, 0.1) is 11.7 Å². The van der Waals surface area contributed by atoms with Gasteiger partial charge in [-0.2, -0.15) is 0 Å². The number of nitrogens with one attached hydrogen (secondary N) is 1. The highest BCUT2D eigenvalue weighted by atomic mass is 35.5. The van der Waals surface area contributed by atoms with Gasteiger partial charge in [0.1, 0.15) is 0 Å². The second-order valence-electron chi connectivity index (χ2n) is 7.09. The van der Waals surface area contributed by atoms with E-state index in [1.807, 2.05) is 13.0 Å². The molecule has 2 aliphatic rings. The lowest BCUT2D eigenvalue weighted by atomic mass is 9.84. The number of hydrogen-bond acceptors (Lipinski definition) is 4. The third-order valence-electron chi connectivity index (χ3n) is 5.40. The molecule has 0 saturated heterocycles. The van der Waals surface area contributed by atoms with Gasteiger partial charge in [0.25, 0.3) is 0 Å². The van der Waals surface area contributed by atoms with Gasteiger partial charge < -0.3 is 11.1 Å². The van der Waals surface area contributed by atoms with Crippen molar-refractivity contribution in [2.75, 3.05) is 11.6 Å². The zero-order valence-corrected chi connectivity index (χ0v) is 15.6. The van der Waals surface area contributed by atoms with E-state index >= 15 is 0 Å². The quantitative estimate of drug-likeness (QED) is 0.848. The SMILES string of the molecule is Cc1c(CS(C)(=O)=O)cccc1NC(=O)C1C2CCC(C2)C1N.Cl. The molecule has 0 radical (unpaired) electrons. The van der Waals surface area contributed by atoms with Crippen LogP contribution in [-0.2, 0) is 20.4 Å². The number of rotatable bonds is 4. The van der Waals surface area contributed by atoms with Crippen molar-refractivity contribution in [3.8, 4) is 0 Å². The molecule has 1 aromatic rings. The molecule has 3 rings (SSSR count). The van der Waals surface area contributed by atoms with Crippen LogP contribution in [0.25, 0.3) is 0 Å². The second kappa shape index (κ2) is 7.02. The van der Waals surface area contributed by atoms with E-state index in [1.165, 1.54) is 6.26 Å². The molecule has 3 N–H and O–H groups in total. The Morgan fingerprint density at radius 1 is 1.29 bits per heavy atom. The Kier molecular flexibility index (Phi) is 5.62. The van der Waals surface area contributed by atoms with Crippen molar-refractivity contribution in [2.45, 2.75) is 38.0 Å². The van der Waals surface area contributed by atoms with Gasteiger partial charge in [-0.05, 0) is 55.2 Å². The minimum absolute atomic E-state index is 0. The number of carbonyl (C=O) groups is 1. The van der Waals surface area contributed by atoms with Crippen LogP contribution in [0.3, 0.4) is 0 Å². The number of halogens is 1. The summed E-state index contributed by atoms with van der Waals surface area (Å²) in [6.45, 7) is 1.84. The molecule has 7 heteroatoms. The average Bonchev–Trinajstić information content (AvgIpc) is 3.02. The van der Waals surface area contributed by atoms with E-state index in [4.69, 9.17) is 5.73 Å². The summed E-state index contributed by atoms with van der Waals surface area (Å²) in [5.41, 5.74) is 8.45. The predicted molar refractivity (Wildman–Crippen MR) is 97.9 cm³/mol. The van der Waals surface area contributed by atoms with Gasteiger partial charge in [-0.3, -0.25) is 4.79 Å². The summed E-state index contributed by atoms with van der Waals surface area (Å²) in [5.74, 6) is 0.717. The number of amides is 1. The van der Waals surface area contributed by atoms with Crippen LogP contribution in [-0.4, -0.2) is 26.6 Å². The fourth-order valence-corrected chi connectivity index (χ4v) is 5.08. The summed E-state index contributed by atoms with van der Waals surface area (Å²) < 4.78 is 23.0. The molecule has 1 amide bonds. The molecule has 134 valence electrons. The van der Waals surface area contributed by atoms with Crippen LogP contribution >= 0.6 is 12.4 Å². The van der Waals surface area contributed by atoms with Crippen molar-refractivity contribution in [3.63, 3.8) is 0 Å². The summed E-state index contributed by atoms with van der Waals surface area (Å²) in [5, 5.41) is 2.98. The molecular formula is C17H25ClN2O3S. The van der Waals surface area contributed by atoms with E-state index in [0.29, 0.717) is 17.5 Å². The fourth-order valence-electron chi connectivity index (χ4n) is 4.20. The Bertz CT molecular complexity index is 733. The molecule has 24 heavy (non-hydrogen) atoms. The number of carbonyl (C=O) groups excluding carboxylic acids is 1. The lowest BCUT2D eigenvalue weighted by molar-refractivity contribution is -0.121. The van der Waals surface area contributed by atoms with E-state index in [-0.39, 0.29) is 36.0 Å². The number of benzene rings is 1. The third-order valence-corrected chi connectivity index (χ3v) is 6.24.